The minimum atomic E-state index is -0.537. The van der Waals surface area contributed by atoms with Gasteiger partial charge < -0.3 is 4.74 Å². The summed E-state index contributed by atoms with van der Waals surface area (Å²) in [5, 5.41) is 0. The molecule has 0 N–H and O–H groups in total. The maximum Gasteiger partial charge on any atom is 0.316 e. The summed E-state index contributed by atoms with van der Waals surface area (Å²) < 4.78 is 18.5. The van der Waals surface area contributed by atoms with Crippen molar-refractivity contribution in [1.82, 2.24) is 4.90 Å². The topological polar surface area (TPSA) is 63.7 Å². The van der Waals surface area contributed by atoms with Crippen molar-refractivity contribution in [2.45, 2.75) is 4.90 Å². The number of nitrogens with zero attached hydrogens (tertiary/aromatic N) is 1. The monoisotopic (exact) mass is 359 g/mol. The highest BCUT2D eigenvalue weighted by atomic mass is 32.2. The second-order valence-corrected chi connectivity index (χ2v) is 6.26. The maximum atomic E-state index is 13.5. The van der Waals surface area contributed by atoms with Gasteiger partial charge in [-0.2, -0.15) is 0 Å². The molecule has 0 aliphatic carbocycles. The normalized spacial score (nSPS) is 13.1. The van der Waals surface area contributed by atoms with Crippen molar-refractivity contribution in [3.63, 3.8) is 0 Å². The van der Waals surface area contributed by atoms with Crippen LogP contribution in [0.3, 0.4) is 0 Å². The zero-order chi connectivity index (χ0) is 17.8. The molecule has 128 valence electrons. The van der Waals surface area contributed by atoms with Gasteiger partial charge in [0, 0.05) is 4.90 Å². The van der Waals surface area contributed by atoms with E-state index in [0.29, 0.717) is 16.0 Å². The van der Waals surface area contributed by atoms with Crippen LogP contribution in [0.5, 0.6) is 0 Å². The van der Waals surface area contributed by atoms with E-state index in [-0.39, 0.29) is 18.9 Å². The standard InChI is InChI=1S/C18H14FNO4S/c19-14-7-3-4-8-15(14)25-11-16(21)24-10-9-20-17(22)12-5-1-2-6-13(12)18(20)23/h1-8H,9-11H2. The molecule has 0 atom stereocenters. The zero-order valence-electron chi connectivity index (χ0n) is 13.1. The van der Waals surface area contributed by atoms with E-state index in [1.807, 2.05) is 0 Å². The van der Waals surface area contributed by atoms with Gasteiger partial charge in [0.15, 0.2) is 0 Å². The van der Waals surface area contributed by atoms with Crippen LogP contribution in [0.1, 0.15) is 20.7 Å². The molecule has 0 spiro atoms. The Hall–Kier alpha value is -2.67. The Balaban J connectivity index is 1.47. The number of thioether (sulfide) groups is 1. The van der Waals surface area contributed by atoms with E-state index in [2.05, 4.69) is 0 Å². The highest BCUT2D eigenvalue weighted by molar-refractivity contribution is 8.00. The van der Waals surface area contributed by atoms with Gasteiger partial charge in [-0.25, -0.2) is 4.39 Å². The Morgan fingerprint density at radius 3 is 2.24 bits per heavy atom. The average molecular weight is 359 g/mol. The third kappa shape index (κ3) is 3.71. The van der Waals surface area contributed by atoms with E-state index in [0.717, 1.165) is 16.7 Å². The number of ether oxygens (including phenoxy) is 1. The molecule has 0 aromatic heterocycles. The van der Waals surface area contributed by atoms with E-state index in [4.69, 9.17) is 4.74 Å². The highest BCUT2D eigenvalue weighted by Gasteiger charge is 2.34. The number of carbonyl (C=O) groups is 3. The van der Waals surface area contributed by atoms with Crippen molar-refractivity contribution in [1.29, 1.82) is 0 Å². The predicted molar refractivity (Wildman–Crippen MR) is 89.9 cm³/mol. The quantitative estimate of drug-likeness (QED) is 0.451. The lowest BCUT2D eigenvalue weighted by Gasteiger charge is -2.13. The predicted octanol–water partition coefficient (Wildman–Crippen LogP) is 2.76. The molecule has 0 radical (unpaired) electrons. The molecule has 0 saturated heterocycles. The molecular weight excluding hydrogens is 345 g/mol. The van der Waals surface area contributed by atoms with Gasteiger partial charge in [0.25, 0.3) is 11.8 Å². The number of rotatable bonds is 6. The lowest BCUT2D eigenvalue weighted by Crippen LogP contribution is -2.33. The Morgan fingerprint density at radius 1 is 1.00 bits per heavy atom. The minimum Gasteiger partial charge on any atom is -0.463 e. The first-order valence-corrected chi connectivity index (χ1v) is 8.54. The van der Waals surface area contributed by atoms with E-state index in [1.165, 1.54) is 6.07 Å². The van der Waals surface area contributed by atoms with E-state index in [9.17, 15) is 18.8 Å². The molecule has 2 aromatic carbocycles. The lowest BCUT2D eigenvalue weighted by molar-refractivity contribution is -0.140. The number of halogens is 1. The Morgan fingerprint density at radius 2 is 1.60 bits per heavy atom. The fourth-order valence-electron chi connectivity index (χ4n) is 2.43. The number of amides is 2. The fourth-order valence-corrected chi connectivity index (χ4v) is 3.17. The van der Waals surface area contributed by atoms with Crippen molar-refractivity contribution in [2.75, 3.05) is 18.9 Å². The second kappa shape index (κ2) is 7.48. The Labute approximate surface area is 147 Å². The van der Waals surface area contributed by atoms with Gasteiger partial charge in [-0.3, -0.25) is 19.3 Å². The molecule has 25 heavy (non-hydrogen) atoms. The van der Waals surface area contributed by atoms with Crippen LogP contribution in [0, 0.1) is 5.82 Å². The number of hydrogen-bond donors (Lipinski definition) is 0. The molecule has 1 aliphatic rings. The summed E-state index contributed by atoms with van der Waals surface area (Å²) in [5.41, 5.74) is 0.711. The molecule has 3 rings (SSSR count). The molecule has 2 aromatic rings. The minimum absolute atomic E-state index is 0.0115. The summed E-state index contributed by atoms with van der Waals surface area (Å²) in [4.78, 5) is 37.4. The molecular formula is C18H14FNO4S. The first kappa shape index (κ1) is 17.2. The van der Waals surface area contributed by atoms with E-state index in [1.54, 1.807) is 42.5 Å². The van der Waals surface area contributed by atoms with Crippen molar-refractivity contribution in [3.05, 3.63) is 65.5 Å². The maximum absolute atomic E-state index is 13.5. The highest BCUT2D eigenvalue weighted by Crippen LogP contribution is 2.23. The van der Waals surface area contributed by atoms with Gasteiger partial charge in [-0.15, -0.1) is 11.8 Å². The third-order valence-corrected chi connectivity index (χ3v) is 4.66. The second-order valence-electron chi connectivity index (χ2n) is 5.25. The molecule has 1 heterocycles. The first-order valence-electron chi connectivity index (χ1n) is 7.56. The van der Waals surface area contributed by atoms with E-state index >= 15 is 0 Å². The van der Waals surface area contributed by atoms with Crippen LogP contribution in [-0.2, 0) is 9.53 Å². The molecule has 0 unspecified atom stereocenters. The van der Waals surface area contributed by atoms with Crippen LogP contribution in [0.4, 0.5) is 4.39 Å². The summed E-state index contributed by atoms with van der Waals surface area (Å²) >= 11 is 1.03. The molecule has 0 saturated carbocycles. The third-order valence-electron chi connectivity index (χ3n) is 3.64. The number of esters is 1. The summed E-state index contributed by atoms with van der Waals surface area (Å²) in [6.45, 7) is -0.107. The van der Waals surface area contributed by atoms with Crippen LogP contribution in [0.25, 0.3) is 0 Å². The van der Waals surface area contributed by atoms with Crippen LogP contribution in [-0.4, -0.2) is 41.6 Å². The van der Waals surface area contributed by atoms with Crippen molar-refractivity contribution < 1.29 is 23.5 Å². The lowest BCUT2D eigenvalue weighted by atomic mass is 10.1. The summed E-state index contributed by atoms with van der Waals surface area (Å²) in [6.07, 6.45) is 0. The van der Waals surface area contributed by atoms with Crippen LogP contribution in [0.2, 0.25) is 0 Å². The number of carbonyl (C=O) groups excluding carboxylic acids is 3. The van der Waals surface area contributed by atoms with Gasteiger partial charge in [-0.1, -0.05) is 24.3 Å². The van der Waals surface area contributed by atoms with Gasteiger partial charge in [0.2, 0.25) is 0 Å². The summed E-state index contributed by atoms with van der Waals surface area (Å²) in [7, 11) is 0. The van der Waals surface area contributed by atoms with Crippen molar-refractivity contribution >= 4 is 29.5 Å². The van der Waals surface area contributed by atoms with Gasteiger partial charge in [0.1, 0.15) is 12.4 Å². The zero-order valence-corrected chi connectivity index (χ0v) is 13.9. The van der Waals surface area contributed by atoms with Crippen LogP contribution >= 0.6 is 11.8 Å². The van der Waals surface area contributed by atoms with Crippen molar-refractivity contribution in [2.24, 2.45) is 0 Å². The number of benzene rings is 2. The molecule has 1 aliphatic heterocycles. The molecule has 0 bridgehead atoms. The Kier molecular flexibility index (Phi) is 5.14. The van der Waals surface area contributed by atoms with Crippen LogP contribution < -0.4 is 0 Å². The van der Waals surface area contributed by atoms with Crippen molar-refractivity contribution in [3.8, 4) is 0 Å². The van der Waals surface area contributed by atoms with Gasteiger partial charge in [0.05, 0.1) is 23.4 Å². The van der Waals surface area contributed by atoms with E-state index < -0.39 is 23.6 Å². The number of hydrogen-bond acceptors (Lipinski definition) is 5. The molecule has 0 fully saturated rings. The summed E-state index contributed by atoms with van der Waals surface area (Å²) in [5.74, 6) is -1.77. The van der Waals surface area contributed by atoms with Gasteiger partial charge >= 0.3 is 5.97 Å². The SMILES string of the molecule is O=C(CSc1ccccc1F)OCCN1C(=O)c2ccccc2C1=O. The molecule has 2 amide bonds. The Bertz CT molecular complexity index is 804. The average Bonchev–Trinajstić information content (AvgIpc) is 2.86. The fraction of sp³-hybridized carbons (Fsp3) is 0.167. The molecule has 7 heteroatoms. The number of fused-ring (bicyclic) bond motifs is 1. The van der Waals surface area contributed by atoms with Gasteiger partial charge in [-0.05, 0) is 24.3 Å². The molecule has 5 nitrogen and oxygen atoms in total. The number of imide groups is 1. The largest absolute Gasteiger partial charge is 0.463 e. The smallest absolute Gasteiger partial charge is 0.316 e. The van der Waals surface area contributed by atoms with Crippen LogP contribution in [0.15, 0.2) is 53.4 Å². The first-order chi connectivity index (χ1) is 12.1. The summed E-state index contributed by atoms with van der Waals surface area (Å²) in [6, 6.07) is 12.7.